The molecule has 1 rings (SSSR count). The van der Waals surface area contributed by atoms with E-state index < -0.39 is 6.10 Å². The van der Waals surface area contributed by atoms with Crippen LogP contribution in [0.1, 0.15) is 17.3 Å². The summed E-state index contributed by atoms with van der Waals surface area (Å²) in [6.45, 7) is 2.38. The first-order valence-corrected chi connectivity index (χ1v) is 6.01. The Hall–Kier alpha value is -1.92. The summed E-state index contributed by atoms with van der Waals surface area (Å²) >= 11 is 0. The van der Waals surface area contributed by atoms with Gasteiger partial charge in [-0.2, -0.15) is 0 Å². The van der Waals surface area contributed by atoms with E-state index in [-0.39, 0.29) is 11.8 Å². The molecule has 19 heavy (non-hydrogen) atoms. The van der Waals surface area contributed by atoms with Crippen LogP contribution in [0.5, 0.6) is 0 Å². The number of carbonyl (C=O) groups is 2. The summed E-state index contributed by atoms with van der Waals surface area (Å²) in [6.07, 6.45) is -0.583. The molecule has 0 fully saturated rings. The molecule has 0 saturated heterocycles. The SMILES string of the molecule is COC(C)C(=O)Nc1ccccc1C(=O)NCCN. The highest BCUT2D eigenvalue weighted by Crippen LogP contribution is 2.15. The Morgan fingerprint density at radius 3 is 2.68 bits per heavy atom. The summed E-state index contributed by atoms with van der Waals surface area (Å²) in [7, 11) is 1.45. The number of nitrogens with two attached hydrogens (primary N) is 1. The number of ether oxygens (including phenoxy) is 1. The van der Waals surface area contributed by atoms with Crippen molar-refractivity contribution in [2.24, 2.45) is 5.73 Å². The van der Waals surface area contributed by atoms with Crippen molar-refractivity contribution >= 4 is 17.5 Å². The second kappa shape index (κ2) is 7.50. The first kappa shape index (κ1) is 15.1. The number of hydrogen-bond donors (Lipinski definition) is 3. The van der Waals surface area contributed by atoms with Crippen molar-refractivity contribution < 1.29 is 14.3 Å². The monoisotopic (exact) mass is 265 g/mol. The number of rotatable bonds is 6. The Balaban J connectivity index is 2.84. The van der Waals surface area contributed by atoms with E-state index in [2.05, 4.69) is 10.6 Å². The summed E-state index contributed by atoms with van der Waals surface area (Å²) in [5.74, 6) is -0.576. The summed E-state index contributed by atoms with van der Waals surface area (Å²) in [4.78, 5) is 23.6. The van der Waals surface area contributed by atoms with Gasteiger partial charge in [0.2, 0.25) is 0 Å². The van der Waals surface area contributed by atoms with Crippen molar-refractivity contribution in [3.8, 4) is 0 Å². The lowest BCUT2D eigenvalue weighted by Crippen LogP contribution is -2.31. The molecular formula is C13H19N3O3. The van der Waals surface area contributed by atoms with Crippen molar-refractivity contribution in [2.45, 2.75) is 13.0 Å². The van der Waals surface area contributed by atoms with Crippen LogP contribution in [0.2, 0.25) is 0 Å². The van der Waals surface area contributed by atoms with Crippen LogP contribution >= 0.6 is 0 Å². The van der Waals surface area contributed by atoms with Crippen LogP contribution in [-0.2, 0) is 9.53 Å². The Labute approximate surface area is 112 Å². The van der Waals surface area contributed by atoms with Gasteiger partial charge in [-0.25, -0.2) is 0 Å². The van der Waals surface area contributed by atoms with Crippen LogP contribution in [0, 0.1) is 0 Å². The maximum absolute atomic E-state index is 11.9. The fraction of sp³-hybridized carbons (Fsp3) is 0.385. The molecule has 4 N–H and O–H groups in total. The normalized spacial score (nSPS) is 11.7. The molecule has 1 aromatic carbocycles. The molecule has 6 heteroatoms. The number of methoxy groups -OCH3 is 1. The van der Waals surface area contributed by atoms with Crippen molar-refractivity contribution in [1.29, 1.82) is 0 Å². The molecule has 0 heterocycles. The molecule has 0 saturated carbocycles. The Bertz CT molecular complexity index is 449. The van der Waals surface area contributed by atoms with Crippen LogP contribution in [-0.4, -0.2) is 38.1 Å². The number of nitrogens with one attached hydrogen (secondary N) is 2. The zero-order valence-corrected chi connectivity index (χ0v) is 11.1. The van der Waals surface area contributed by atoms with Crippen LogP contribution in [0.3, 0.4) is 0 Å². The third-order valence-electron chi connectivity index (χ3n) is 2.58. The van der Waals surface area contributed by atoms with Crippen molar-refractivity contribution in [1.82, 2.24) is 5.32 Å². The minimum Gasteiger partial charge on any atom is -0.372 e. The first-order chi connectivity index (χ1) is 9.10. The molecular weight excluding hydrogens is 246 g/mol. The van der Waals surface area contributed by atoms with Gasteiger partial charge < -0.3 is 21.1 Å². The molecule has 104 valence electrons. The summed E-state index contributed by atoms with van der Waals surface area (Å²) in [5, 5.41) is 5.32. The smallest absolute Gasteiger partial charge is 0.253 e. The zero-order valence-electron chi connectivity index (χ0n) is 11.1. The van der Waals surface area contributed by atoms with Crippen molar-refractivity contribution in [3.63, 3.8) is 0 Å². The number of carbonyl (C=O) groups excluding carboxylic acids is 2. The van der Waals surface area contributed by atoms with E-state index in [1.54, 1.807) is 31.2 Å². The van der Waals surface area contributed by atoms with Crippen LogP contribution in [0.15, 0.2) is 24.3 Å². The fourth-order valence-electron chi connectivity index (χ4n) is 1.41. The van der Waals surface area contributed by atoms with E-state index in [1.165, 1.54) is 7.11 Å². The van der Waals surface area contributed by atoms with Crippen LogP contribution < -0.4 is 16.4 Å². The van der Waals surface area contributed by atoms with Gasteiger partial charge in [0.25, 0.3) is 11.8 Å². The Morgan fingerprint density at radius 1 is 1.37 bits per heavy atom. The molecule has 1 aromatic rings. The average Bonchev–Trinajstić information content (AvgIpc) is 2.44. The molecule has 0 aliphatic carbocycles. The quantitative estimate of drug-likeness (QED) is 0.692. The molecule has 1 atom stereocenters. The molecule has 1 unspecified atom stereocenters. The van der Waals surface area contributed by atoms with Crippen LogP contribution in [0.25, 0.3) is 0 Å². The summed E-state index contributed by atoms with van der Waals surface area (Å²) < 4.78 is 4.92. The molecule has 0 aliphatic heterocycles. The highest BCUT2D eigenvalue weighted by Gasteiger charge is 2.16. The maximum atomic E-state index is 11.9. The third kappa shape index (κ3) is 4.35. The van der Waals surface area contributed by atoms with Gasteiger partial charge in [-0.3, -0.25) is 9.59 Å². The van der Waals surface area contributed by atoms with Gasteiger partial charge in [0.05, 0.1) is 11.3 Å². The number of amides is 2. The van der Waals surface area contributed by atoms with E-state index in [9.17, 15) is 9.59 Å². The van der Waals surface area contributed by atoms with E-state index in [0.717, 1.165) is 0 Å². The van der Waals surface area contributed by atoms with E-state index in [1.807, 2.05) is 0 Å². The summed E-state index contributed by atoms with van der Waals surface area (Å²) in [6, 6.07) is 6.77. The van der Waals surface area contributed by atoms with Crippen molar-refractivity contribution in [2.75, 3.05) is 25.5 Å². The van der Waals surface area contributed by atoms with Gasteiger partial charge in [0, 0.05) is 20.2 Å². The lowest BCUT2D eigenvalue weighted by Gasteiger charge is -2.13. The lowest BCUT2D eigenvalue weighted by atomic mass is 10.1. The Morgan fingerprint density at radius 2 is 2.05 bits per heavy atom. The van der Waals surface area contributed by atoms with Gasteiger partial charge in [0.15, 0.2) is 0 Å². The second-order valence-electron chi connectivity index (χ2n) is 3.96. The minimum absolute atomic E-state index is 0.272. The number of anilines is 1. The van der Waals surface area contributed by atoms with Gasteiger partial charge in [-0.1, -0.05) is 12.1 Å². The third-order valence-corrected chi connectivity index (χ3v) is 2.58. The standard InChI is InChI=1S/C13H19N3O3/c1-9(19-2)12(17)16-11-6-4-3-5-10(11)13(18)15-8-7-14/h3-6,9H,7-8,14H2,1-2H3,(H,15,18)(H,16,17). The minimum atomic E-state index is -0.583. The molecule has 0 spiro atoms. The predicted molar refractivity (Wildman–Crippen MR) is 72.9 cm³/mol. The van der Waals surface area contributed by atoms with Crippen molar-refractivity contribution in [3.05, 3.63) is 29.8 Å². The van der Waals surface area contributed by atoms with Gasteiger partial charge in [-0.15, -0.1) is 0 Å². The molecule has 0 aliphatic rings. The first-order valence-electron chi connectivity index (χ1n) is 6.01. The van der Waals surface area contributed by atoms with Gasteiger partial charge >= 0.3 is 0 Å². The Kier molecular flexibility index (Phi) is 5.98. The van der Waals surface area contributed by atoms with E-state index in [4.69, 9.17) is 10.5 Å². The van der Waals surface area contributed by atoms with Crippen LogP contribution in [0.4, 0.5) is 5.69 Å². The van der Waals surface area contributed by atoms with Gasteiger partial charge in [-0.05, 0) is 19.1 Å². The number of benzene rings is 1. The molecule has 0 radical (unpaired) electrons. The summed E-state index contributed by atoms with van der Waals surface area (Å²) in [5.41, 5.74) is 6.18. The maximum Gasteiger partial charge on any atom is 0.253 e. The molecule has 0 bridgehead atoms. The van der Waals surface area contributed by atoms with Gasteiger partial charge in [0.1, 0.15) is 6.10 Å². The molecule has 2 amide bonds. The van der Waals surface area contributed by atoms with E-state index >= 15 is 0 Å². The second-order valence-corrected chi connectivity index (χ2v) is 3.96. The highest BCUT2D eigenvalue weighted by molar-refractivity contribution is 6.04. The highest BCUT2D eigenvalue weighted by atomic mass is 16.5. The largest absolute Gasteiger partial charge is 0.372 e. The topological polar surface area (TPSA) is 93.4 Å². The zero-order chi connectivity index (χ0) is 14.3. The average molecular weight is 265 g/mol. The molecule has 0 aromatic heterocycles. The lowest BCUT2D eigenvalue weighted by molar-refractivity contribution is -0.124. The number of hydrogen-bond acceptors (Lipinski definition) is 4. The number of para-hydroxylation sites is 1. The predicted octanol–water partition coefficient (Wildman–Crippen LogP) is 0.349. The van der Waals surface area contributed by atoms with E-state index in [0.29, 0.717) is 24.3 Å². The molecule has 6 nitrogen and oxygen atoms in total. The fourth-order valence-corrected chi connectivity index (χ4v) is 1.41.